The third kappa shape index (κ3) is 4.48. The highest BCUT2D eigenvalue weighted by atomic mass is 14.3. The summed E-state index contributed by atoms with van der Waals surface area (Å²) >= 11 is 0. The lowest BCUT2D eigenvalue weighted by molar-refractivity contribution is 0.187. The molecule has 17 heavy (non-hydrogen) atoms. The van der Waals surface area contributed by atoms with Crippen LogP contribution in [0, 0.1) is 29.6 Å². The van der Waals surface area contributed by atoms with E-state index in [-0.39, 0.29) is 0 Å². The van der Waals surface area contributed by atoms with E-state index < -0.39 is 0 Å². The van der Waals surface area contributed by atoms with Crippen LogP contribution in [0.5, 0.6) is 0 Å². The van der Waals surface area contributed by atoms with Crippen LogP contribution in [0.3, 0.4) is 0 Å². The second kappa shape index (κ2) is 6.61. The van der Waals surface area contributed by atoms with Crippen LogP contribution in [0.4, 0.5) is 0 Å². The molecule has 0 saturated heterocycles. The molecule has 0 aromatic carbocycles. The molecule has 0 heterocycles. The lowest BCUT2D eigenvalue weighted by Gasteiger charge is -2.35. The SMILES string of the molecule is C=C(C)C1CCC(CCC(C)C(C)C)C(C)C1. The van der Waals surface area contributed by atoms with E-state index in [4.69, 9.17) is 0 Å². The largest absolute Gasteiger partial charge is 0.0999 e. The molecular weight excluding hydrogens is 204 g/mol. The van der Waals surface area contributed by atoms with Crippen molar-refractivity contribution in [3.63, 3.8) is 0 Å². The quantitative estimate of drug-likeness (QED) is 0.538. The molecule has 0 aliphatic heterocycles. The minimum Gasteiger partial charge on any atom is -0.0999 e. The summed E-state index contributed by atoms with van der Waals surface area (Å²) in [5, 5.41) is 0. The van der Waals surface area contributed by atoms with Crippen LogP contribution in [0.2, 0.25) is 0 Å². The fourth-order valence-corrected chi connectivity index (χ4v) is 3.15. The van der Waals surface area contributed by atoms with Gasteiger partial charge in [-0.2, -0.15) is 0 Å². The van der Waals surface area contributed by atoms with Crippen molar-refractivity contribution in [2.75, 3.05) is 0 Å². The van der Waals surface area contributed by atoms with Gasteiger partial charge in [-0.1, -0.05) is 46.3 Å². The summed E-state index contributed by atoms with van der Waals surface area (Å²) in [6.45, 7) is 15.9. The Balaban J connectivity index is 2.34. The highest BCUT2D eigenvalue weighted by Gasteiger charge is 2.27. The molecule has 0 aromatic rings. The molecule has 0 amide bonds. The Morgan fingerprint density at radius 3 is 2.35 bits per heavy atom. The second-order valence-electron chi connectivity index (χ2n) is 6.89. The van der Waals surface area contributed by atoms with Crippen LogP contribution < -0.4 is 0 Å². The number of hydrogen-bond acceptors (Lipinski definition) is 0. The second-order valence-corrected chi connectivity index (χ2v) is 6.89. The van der Waals surface area contributed by atoms with Crippen LogP contribution >= 0.6 is 0 Å². The maximum Gasteiger partial charge on any atom is -0.0206 e. The van der Waals surface area contributed by atoms with E-state index >= 15 is 0 Å². The van der Waals surface area contributed by atoms with E-state index in [1.807, 2.05) is 0 Å². The predicted molar refractivity (Wildman–Crippen MR) is 78.0 cm³/mol. The molecule has 4 unspecified atom stereocenters. The van der Waals surface area contributed by atoms with Crippen LogP contribution in [-0.2, 0) is 0 Å². The molecule has 4 atom stereocenters. The topological polar surface area (TPSA) is 0 Å². The van der Waals surface area contributed by atoms with E-state index in [0.29, 0.717) is 0 Å². The Morgan fingerprint density at radius 2 is 1.88 bits per heavy atom. The highest BCUT2D eigenvalue weighted by Crippen LogP contribution is 2.39. The Hall–Kier alpha value is -0.260. The van der Waals surface area contributed by atoms with Gasteiger partial charge in [-0.15, -0.1) is 0 Å². The molecule has 100 valence electrons. The van der Waals surface area contributed by atoms with Crippen molar-refractivity contribution in [1.82, 2.24) is 0 Å². The Morgan fingerprint density at radius 1 is 1.24 bits per heavy atom. The van der Waals surface area contributed by atoms with Crippen molar-refractivity contribution in [3.8, 4) is 0 Å². The molecule has 0 radical (unpaired) electrons. The highest BCUT2D eigenvalue weighted by molar-refractivity contribution is 4.99. The van der Waals surface area contributed by atoms with Crippen molar-refractivity contribution in [2.45, 2.75) is 66.7 Å². The molecule has 1 fully saturated rings. The molecule has 1 saturated carbocycles. The van der Waals surface area contributed by atoms with E-state index in [1.165, 1.54) is 37.7 Å². The van der Waals surface area contributed by atoms with E-state index in [0.717, 1.165) is 29.6 Å². The van der Waals surface area contributed by atoms with Gasteiger partial charge >= 0.3 is 0 Å². The summed E-state index contributed by atoms with van der Waals surface area (Å²) in [5.41, 5.74) is 1.41. The summed E-state index contributed by atoms with van der Waals surface area (Å²) in [4.78, 5) is 0. The van der Waals surface area contributed by atoms with Crippen LogP contribution in [-0.4, -0.2) is 0 Å². The van der Waals surface area contributed by atoms with Crippen LogP contribution in [0.25, 0.3) is 0 Å². The van der Waals surface area contributed by atoms with Gasteiger partial charge in [-0.05, 0) is 62.2 Å². The number of rotatable bonds is 5. The molecule has 0 aromatic heterocycles. The molecule has 1 aliphatic rings. The maximum absolute atomic E-state index is 4.14. The van der Waals surface area contributed by atoms with E-state index in [2.05, 4.69) is 41.2 Å². The first-order valence-electron chi connectivity index (χ1n) is 7.57. The Bertz CT molecular complexity index is 238. The van der Waals surface area contributed by atoms with Crippen molar-refractivity contribution < 1.29 is 0 Å². The van der Waals surface area contributed by atoms with Crippen molar-refractivity contribution in [1.29, 1.82) is 0 Å². The van der Waals surface area contributed by atoms with Crippen LogP contribution in [0.1, 0.15) is 66.7 Å². The Kier molecular flexibility index (Phi) is 5.76. The van der Waals surface area contributed by atoms with Crippen molar-refractivity contribution in [3.05, 3.63) is 12.2 Å². The van der Waals surface area contributed by atoms with E-state index in [1.54, 1.807) is 0 Å². The van der Waals surface area contributed by atoms with E-state index in [9.17, 15) is 0 Å². The number of allylic oxidation sites excluding steroid dienone is 1. The summed E-state index contributed by atoms with van der Waals surface area (Å²) in [6.07, 6.45) is 7.08. The third-order valence-corrected chi connectivity index (χ3v) is 5.17. The first kappa shape index (κ1) is 14.8. The molecule has 1 aliphatic carbocycles. The predicted octanol–water partition coefficient (Wildman–Crippen LogP) is 5.69. The normalized spacial score (nSPS) is 31.5. The summed E-state index contributed by atoms with van der Waals surface area (Å²) in [6, 6.07) is 0. The zero-order valence-corrected chi connectivity index (χ0v) is 12.6. The zero-order chi connectivity index (χ0) is 13.0. The molecule has 0 spiro atoms. The average molecular weight is 236 g/mol. The minimum atomic E-state index is 0.809. The van der Waals surface area contributed by atoms with Crippen molar-refractivity contribution >= 4 is 0 Å². The van der Waals surface area contributed by atoms with Gasteiger partial charge in [0.05, 0.1) is 0 Å². The molecule has 1 rings (SSSR count). The monoisotopic (exact) mass is 236 g/mol. The molecule has 0 nitrogen and oxygen atoms in total. The maximum atomic E-state index is 4.14. The van der Waals surface area contributed by atoms with Gasteiger partial charge in [0.2, 0.25) is 0 Å². The molecule has 0 N–H and O–H groups in total. The standard InChI is InChI=1S/C17H32/c1-12(2)14(5)7-8-16-9-10-17(13(3)4)11-15(16)6/h12,14-17H,3,7-11H2,1-2,4-6H3. The summed E-state index contributed by atoms with van der Waals surface area (Å²) < 4.78 is 0. The van der Waals surface area contributed by atoms with Gasteiger partial charge in [0.1, 0.15) is 0 Å². The van der Waals surface area contributed by atoms with Crippen LogP contribution in [0.15, 0.2) is 12.2 Å². The molecule has 0 bridgehead atoms. The van der Waals surface area contributed by atoms with Gasteiger partial charge in [0.25, 0.3) is 0 Å². The lowest BCUT2D eigenvalue weighted by atomic mass is 9.70. The average Bonchev–Trinajstić information content (AvgIpc) is 2.26. The molecule has 0 heteroatoms. The number of hydrogen-bond donors (Lipinski definition) is 0. The summed E-state index contributed by atoms with van der Waals surface area (Å²) in [7, 11) is 0. The fraction of sp³-hybridized carbons (Fsp3) is 0.882. The zero-order valence-electron chi connectivity index (χ0n) is 12.6. The minimum absolute atomic E-state index is 0.809. The van der Waals surface area contributed by atoms with Gasteiger partial charge in [0.15, 0.2) is 0 Å². The smallest absolute Gasteiger partial charge is 0.0206 e. The van der Waals surface area contributed by atoms with Gasteiger partial charge in [-0.3, -0.25) is 0 Å². The first-order valence-corrected chi connectivity index (χ1v) is 7.57. The molecular formula is C17H32. The first-order chi connectivity index (χ1) is 7.91. The van der Waals surface area contributed by atoms with Gasteiger partial charge in [-0.25, -0.2) is 0 Å². The third-order valence-electron chi connectivity index (χ3n) is 5.17. The lowest BCUT2D eigenvalue weighted by Crippen LogP contribution is -2.24. The van der Waals surface area contributed by atoms with Crippen molar-refractivity contribution in [2.24, 2.45) is 29.6 Å². The van der Waals surface area contributed by atoms with Gasteiger partial charge < -0.3 is 0 Å². The fourth-order valence-electron chi connectivity index (χ4n) is 3.15. The van der Waals surface area contributed by atoms with Gasteiger partial charge in [0, 0.05) is 0 Å². The Labute approximate surface area is 109 Å². The summed E-state index contributed by atoms with van der Waals surface area (Å²) in [5.74, 6) is 4.43.